The summed E-state index contributed by atoms with van der Waals surface area (Å²) in [6.45, 7) is 2.06. The summed E-state index contributed by atoms with van der Waals surface area (Å²) < 4.78 is 1.08. The molecule has 0 radical (unpaired) electrons. The number of hydrogen-bond acceptors (Lipinski definition) is 2. The van der Waals surface area contributed by atoms with Gasteiger partial charge in [-0.1, -0.05) is 22.0 Å². The third kappa shape index (κ3) is 3.96. The molecule has 0 aliphatic heterocycles. The molecule has 0 amide bonds. The average Bonchev–Trinajstić information content (AvgIpc) is 2.25. The van der Waals surface area contributed by atoms with Crippen molar-refractivity contribution in [3.63, 3.8) is 0 Å². The second kappa shape index (κ2) is 6.48. The molecule has 0 aromatic heterocycles. The normalized spacial score (nSPS) is 10.9. The van der Waals surface area contributed by atoms with Crippen molar-refractivity contribution in [3.05, 3.63) is 28.2 Å². The summed E-state index contributed by atoms with van der Waals surface area (Å²) in [6.07, 6.45) is 0. The van der Waals surface area contributed by atoms with Crippen LogP contribution in [0, 0.1) is 0 Å². The highest BCUT2D eigenvalue weighted by atomic mass is 79.9. The average molecular weight is 306 g/mol. The second-order valence-corrected chi connectivity index (χ2v) is 5.26. The van der Waals surface area contributed by atoms with Gasteiger partial charge < -0.3 is 9.80 Å². The topological polar surface area (TPSA) is 6.48 Å². The summed E-state index contributed by atoms with van der Waals surface area (Å²) >= 11 is 9.35. The zero-order valence-electron chi connectivity index (χ0n) is 10.0. The summed E-state index contributed by atoms with van der Waals surface area (Å²) in [6, 6.07) is 6.30. The van der Waals surface area contributed by atoms with Gasteiger partial charge in [0, 0.05) is 36.2 Å². The van der Waals surface area contributed by atoms with E-state index < -0.39 is 0 Å². The minimum atomic E-state index is 0.544. The Labute approximate surface area is 111 Å². The first kappa shape index (κ1) is 13.8. The summed E-state index contributed by atoms with van der Waals surface area (Å²) in [5, 5.41) is 0. The smallest absolute Gasteiger partial charge is 0.0485 e. The molecule has 16 heavy (non-hydrogen) atoms. The van der Waals surface area contributed by atoms with E-state index in [1.54, 1.807) is 0 Å². The minimum absolute atomic E-state index is 0.544. The Hall–Kier alpha value is -0.250. The van der Waals surface area contributed by atoms with E-state index >= 15 is 0 Å². The quantitative estimate of drug-likeness (QED) is 0.771. The van der Waals surface area contributed by atoms with Gasteiger partial charge in [0.25, 0.3) is 0 Å². The number of rotatable bonds is 5. The molecular formula is C12H18BrClN2. The predicted octanol–water partition coefficient (Wildman–Crippen LogP) is 3.19. The molecule has 2 nitrogen and oxygen atoms in total. The number of nitrogens with zero attached hydrogens (tertiary/aromatic N) is 2. The maximum absolute atomic E-state index is 5.82. The molecule has 0 N–H and O–H groups in total. The highest BCUT2D eigenvalue weighted by molar-refractivity contribution is 9.10. The zero-order chi connectivity index (χ0) is 12.1. The van der Waals surface area contributed by atoms with Crippen LogP contribution in [0.1, 0.15) is 5.56 Å². The number of halogens is 2. The second-order valence-electron chi connectivity index (χ2n) is 4.13. The van der Waals surface area contributed by atoms with Gasteiger partial charge >= 0.3 is 0 Å². The van der Waals surface area contributed by atoms with Gasteiger partial charge in [0.15, 0.2) is 0 Å². The lowest BCUT2D eigenvalue weighted by Gasteiger charge is -2.22. The molecule has 0 aliphatic carbocycles. The first-order valence-electron chi connectivity index (χ1n) is 5.25. The van der Waals surface area contributed by atoms with Crippen LogP contribution < -0.4 is 4.90 Å². The van der Waals surface area contributed by atoms with E-state index in [1.165, 1.54) is 5.69 Å². The van der Waals surface area contributed by atoms with Crippen LogP contribution in [0.15, 0.2) is 22.7 Å². The maximum Gasteiger partial charge on any atom is 0.0485 e. The summed E-state index contributed by atoms with van der Waals surface area (Å²) in [4.78, 5) is 4.42. The molecule has 0 aliphatic rings. The molecule has 0 heterocycles. The highest BCUT2D eigenvalue weighted by Gasteiger charge is 2.04. The van der Waals surface area contributed by atoms with Crippen LogP contribution in [0.5, 0.6) is 0 Å². The van der Waals surface area contributed by atoms with Crippen molar-refractivity contribution in [3.8, 4) is 0 Å². The molecule has 0 fully saturated rings. The first-order valence-corrected chi connectivity index (χ1v) is 6.57. The number of anilines is 1. The lowest BCUT2D eigenvalue weighted by molar-refractivity contribution is 0.416. The van der Waals surface area contributed by atoms with Crippen LogP contribution in [-0.2, 0) is 5.88 Å². The SMILES string of the molecule is CN(C)CCN(C)c1ccc(CCl)c(Br)c1. The number of hydrogen-bond donors (Lipinski definition) is 0. The van der Waals surface area contributed by atoms with Crippen molar-refractivity contribution >= 4 is 33.2 Å². The molecule has 4 heteroatoms. The van der Waals surface area contributed by atoms with E-state index in [9.17, 15) is 0 Å². The van der Waals surface area contributed by atoms with Gasteiger partial charge in [0.1, 0.15) is 0 Å². The van der Waals surface area contributed by atoms with Crippen molar-refractivity contribution in [2.45, 2.75) is 5.88 Å². The molecule has 0 atom stereocenters. The van der Waals surface area contributed by atoms with Crippen molar-refractivity contribution in [1.82, 2.24) is 4.90 Å². The van der Waals surface area contributed by atoms with E-state index in [1.807, 2.05) is 0 Å². The van der Waals surface area contributed by atoms with E-state index in [4.69, 9.17) is 11.6 Å². The van der Waals surface area contributed by atoms with Gasteiger partial charge in [0.05, 0.1) is 0 Å². The molecule has 1 aromatic carbocycles. The molecule has 90 valence electrons. The summed E-state index contributed by atoms with van der Waals surface area (Å²) in [5.41, 5.74) is 2.34. The Kier molecular flexibility index (Phi) is 5.59. The monoisotopic (exact) mass is 304 g/mol. The lowest BCUT2D eigenvalue weighted by Crippen LogP contribution is -2.28. The third-order valence-electron chi connectivity index (χ3n) is 2.50. The number of alkyl halides is 1. The fourth-order valence-corrected chi connectivity index (χ4v) is 2.26. The van der Waals surface area contributed by atoms with Gasteiger partial charge in [-0.15, -0.1) is 11.6 Å². The van der Waals surface area contributed by atoms with Crippen molar-refractivity contribution < 1.29 is 0 Å². The van der Waals surface area contributed by atoms with Crippen LogP contribution in [0.2, 0.25) is 0 Å². The molecule has 0 unspecified atom stereocenters. The van der Waals surface area contributed by atoms with E-state index in [0.29, 0.717) is 5.88 Å². The number of benzene rings is 1. The van der Waals surface area contributed by atoms with Gasteiger partial charge in [-0.3, -0.25) is 0 Å². The Bertz CT molecular complexity index is 342. The van der Waals surface area contributed by atoms with Crippen LogP contribution in [-0.4, -0.2) is 39.1 Å². The van der Waals surface area contributed by atoms with E-state index in [-0.39, 0.29) is 0 Å². The fraction of sp³-hybridized carbons (Fsp3) is 0.500. The molecule has 0 bridgehead atoms. The fourth-order valence-electron chi connectivity index (χ4n) is 1.36. The molecule has 0 saturated carbocycles. The van der Waals surface area contributed by atoms with E-state index in [0.717, 1.165) is 23.1 Å². The Morgan fingerprint density at radius 2 is 1.88 bits per heavy atom. The van der Waals surface area contributed by atoms with Crippen molar-refractivity contribution in [2.24, 2.45) is 0 Å². The van der Waals surface area contributed by atoms with Crippen molar-refractivity contribution in [2.75, 3.05) is 39.1 Å². The van der Waals surface area contributed by atoms with Gasteiger partial charge in [-0.2, -0.15) is 0 Å². The highest BCUT2D eigenvalue weighted by Crippen LogP contribution is 2.24. The zero-order valence-corrected chi connectivity index (χ0v) is 12.3. The molecule has 1 aromatic rings. The van der Waals surface area contributed by atoms with E-state index in [2.05, 4.69) is 65.1 Å². The first-order chi connectivity index (χ1) is 7.54. The van der Waals surface area contributed by atoms with Crippen molar-refractivity contribution in [1.29, 1.82) is 0 Å². The Balaban J connectivity index is 2.69. The largest absolute Gasteiger partial charge is 0.373 e. The van der Waals surface area contributed by atoms with Gasteiger partial charge in [0.2, 0.25) is 0 Å². The molecular weight excluding hydrogens is 288 g/mol. The van der Waals surface area contributed by atoms with Crippen LogP contribution in [0.3, 0.4) is 0 Å². The lowest BCUT2D eigenvalue weighted by atomic mass is 10.2. The molecule has 0 spiro atoms. The van der Waals surface area contributed by atoms with Crippen LogP contribution >= 0.6 is 27.5 Å². The Morgan fingerprint density at radius 1 is 1.19 bits per heavy atom. The van der Waals surface area contributed by atoms with Crippen LogP contribution in [0.25, 0.3) is 0 Å². The standard InChI is InChI=1S/C12H18BrClN2/c1-15(2)6-7-16(3)11-5-4-10(9-14)12(13)8-11/h4-5,8H,6-7,9H2,1-3H3. The van der Waals surface area contributed by atoms with Gasteiger partial charge in [-0.25, -0.2) is 0 Å². The maximum atomic E-state index is 5.82. The Morgan fingerprint density at radius 3 is 2.38 bits per heavy atom. The van der Waals surface area contributed by atoms with Crippen LogP contribution in [0.4, 0.5) is 5.69 Å². The minimum Gasteiger partial charge on any atom is -0.373 e. The molecule has 1 rings (SSSR count). The summed E-state index contributed by atoms with van der Waals surface area (Å²) in [7, 11) is 6.27. The van der Waals surface area contributed by atoms with Gasteiger partial charge in [-0.05, 0) is 31.8 Å². The molecule has 0 saturated heterocycles. The number of likely N-dealkylation sites (N-methyl/N-ethyl adjacent to an activating group) is 2. The third-order valence-corrected chi connectivity index (χ3v) is 3.53. The summed E-state index contributed by atoms with van der Waals surface area (Å²) in [5.74, 6) is 0.544. The predicted molar refractivity (Wildman–Crippen MR) is 75.5 cm³/mol.